The molecule has 0 spiro atoms. The van der Waals surface area contributed by atoms with Gasteiger partial charge in [0.1, 0.15) is 5.82 Å². The second-order valence-electron chi connectivity index (χ2n) is 2.44. The van der Waals surface area contributed by atoms with Crippen molar-refractivity contribution >= 4 is 6.08 Å². The molecular weight excluding hydrogens is 157 g/mol. The number of aryl methyl sites for hydroxylation is 1. The molecule has 0 N–H and O–H groups in total. The second kappa shape index (κ2) is 3.79. The molecule has 0 fully saturated rings. The van der Waals surface area contributed by atoms with Crippen LogP contribution < -0.4 is 0 Å². The third-order valence-corrected chi connectivity index (χ3v) is 1.65. The smallest absolute Gasteiger partial charge is 0.211 e. The van der Waals surface area contributed by atoms with Crippen LogP contribution in [-0.2, 0) is 11.3 Å². The van der Waals surface area contributed by atoms with Crippen molar-refractivity contribution in [3.05, 3.63) is 35.1 Å². The van der Waals surface area contributed by atoms with E-state index < -0.39 is 0 Å². The van der Waals surface area contributed by atoms with Crippen LogP contribution in [0.5, 0.6) is 0 Å². The van der Waals surface area contributed by atoms with Crippen LogP contribution in [0.25, 0.3) is 0 Å². The molecule has 0 aliphatic rings. The third kappa shape index (κ3) is 1.77. The van der Waals surface area contributed by atoms with Crippen molar-refractivity contribution in [2.24, 2.45) is 4.99 Å². The zero-order valence-corrected chi connectivity index (χ0v) is 6.67. The van der Waals surface area contributed by atoms with Crippen LogP contribution in [0.4, 0.5) is 4.39 Å². The molecule has 0 radical (unpaired) electrons. The van der Waals surface area contributed by atoms with E-state index in [0.29, 0.717) is 5.56 Å². The van der Waals surface area contributed by atoms with Crippen LogP contribution in [0, 0.1) is 12.7 Å². The molecule has 12 heavy (non-hydrogen) atoms. The average molecular weight is 165 g/mol. The fraction of sp³-hybridized carbons (Fsp3) is 0.222. The number of aliphatic imine (C=N–C) groups is 1. The molecule has 0 aromatic heterocycles. The van der Waals surface area contributed by atoms with Crippen molar-refractivity contribution in [3.63, 3.8) is 0 Å². The molecule has 0 unspecified atom stereocenters. The standard InChI is InChI=1S/C9H8FNO/c1-7-3-2-4-9(10)8(7)5-11-6-12/h2-4H,5H2,1H3. The van der Waals surface area contributed by atoms with Gasteiger partial charge in [0.25, 0.3) is 0 Å². The van der Waals surface area contributed by atoms with Crippen LogP contribution >= 0.6 is 0 Å². The van der Waals surface area contributed by atoms with Gasteiger partial charge in [-0.25, -0.2) is 14.2 Å². The third-order valence-electron chi connectivity index (χ3n) is 1.65. The molecule has 2 nitrogen and oxygen atoms in total. The number of hydrogen-bond acceptors (Lipinski definition) is 2. The average Bonchev–Trinajstić information content (AvgIpc) is 2.04. The lowest BCUT2D eigenvalue weighted by atomic mass is 10.1. The van der Waals surface area contributed by atoms with Gasteiger partial charge in [0, 0.05) is 5.56 Å². The topological polar surface area (TPSA) is 29.4 Å². The number of isocyanates is 1. The van der Waals surface area contributed by atoms with Gasteiger partial charge in [-0.1, -0.05) is 12.1 Å². The number of benzene rings is 1. The quantitative estimate of drug-likeness (QED) is 0.486. The van der Waals surface area contributed by atoms with Crippen molar-refractivity contribution in [1.82, 2.24) is 0 Å². The Hall–Kier alpha value is -1.47. The summed E-state index contributed by atoms with van der Waals surface area (Å²) in [5, 5.41) is 0. The van der Waals surface area contributed by atoms with E-state index in [1.807, 2.05) is 0 Å². The molecule has 62 valence electrons. The van der Waals surface area contributed by atoms with E-state index in [2.05, 4.69) is 4.99 Å². The summed E-state index contributed by atoms with van der Waals surface area (Å²) in [5.41, 5.74) is 1.26. The Bertz CT molecular complexity index is 309. The Morgan fingerprint density at radius 1 is 1.58 bits per heavy atom. The lowest BCUT2D eigenvalue weighted by Gasteiger charge is -2.01. The fourth-order valence-corrected chi connectivity index (χ4v) is 0.978. The molecule has 0 saturated carbocycles. The van der Waals surface area contributed by atoms with Crippen molar-refractivity contribution in [1.29, 1.82) is 0 Å². The minimum absolute atomic E-state index is 0.0714. The molecule has 1 aromatic rings. The highest BCUT2D eigenvalue weighted by Gasteiger charge is 2.02. The predicted octanol–water partition coefficient (Wildman–Crippen LogP) is 1.97. The predicted molar refractivity (Wildman–Crippen MR) is 43.0 cm³/mol. The molecule has 1 aromatic carbocycles. The highest BCUT2D eigenvalue weighted by atomic mass is 19.1. The molecule has 0 aliphatic carbocycles. The molecule has 0 atom stereocenters. The SMILES string of the molecule is Cc1cccc(F)c1CN=C=O. The zero-order valence-electron chi connectivity index (χ0n) is 6.67. The Kier molecular flexibility index (Phi) is 2.72. The van der Waals surface area contributed by atoms with Crippen LogP contribution in [0.3, 0.4) is 0 Å². The summed E-state index contributed by atoms with van der Waals surface area (Å²) in [4.78, 5) is 13.1. The Morgan fingerprint density at radius 3 is 2.92 bits per heavy atom. The lowest BCUT2D eigenvalue weighted by molar-refractivity contribution is 0.561. The highest BCUT2D eigenvalue weighted by molar-refractivity contribution is 5.35. The fourth-order valence-electron chi connectivity index (χ4n) is 0.978. The largest absolute Gasteiger partial charge is 0.235 e. The first-order valence-corrected chi connectivity index (χ1v) is 3.53. The summed E-state index contributed by atoms with van der Waals surface area (Å²) in [7, 11) is 0. The minimum Gasteiger partial charge on any atom is -0.211 e. The summed E-state index contributed by atoms with van der Waals surface area (Å²) in [5.74, 6) is -0.325. The van der Waals surface area contributed by atoms with E-state index in [1.165, 1.54) is 12.1 Å². The van der Waals surface area contributed by atoms with Crippen molar-refractivity contribution in [2.45, 2.75) is 13.5 Å². The van der Waals surface area contributed by atoms with E-state index in [9.17, 15) is 9.18 Å². The van der Waals surface area contributed by atoms with Gasteiger partial charge >= 0.3 is 0 Å². The Labute approximate surface area is 69.7 Å². The summed E-state index contributed by atoms with van der Waals surface area (Å²) < 4.78 is 13.0. The first-order chi connectivity index (χ1) is 5.75. The summed E-state index contributed by atoms with van der Waals surface area (Å²) >= 11 is 0. The summed E-state index contributed by atoms with van der Waals surface area (Å²) in [6, 6.07) is 4.75. The Morgan fingerprint density at radius 2 is 2.33 bits per heavy atom. The Balaban J connectivity index is 3.03. The maximum atomic E-state index is 13.0. The van der Waals surface area contributed by atoms with Gasteiger partial charge in [-0.3, -0.25) is 0 Å². The number of hydrogen-bond donors (Lipinski definition) is 0. The van der Waals surface area contributed by atoms with E-state index in [0.717, 1.165) is 5.56 Å². The van der Waals surface area contributed by atoms with Gasteiger partial charge in [0.2, 0.25) is 6.08 Å². The molecule has 0 saturated heterocycles. The van der Waals surface area contributed by atoms with Crippen LogP contribution in [0.15, 0.2) is 23.2 Å². The molecule has 0 heterocycles. The normalized spacial score (nSPS) is 9.17. The first-order valence-electron chi connectivity index (χ1n) is 3.53. The van der Waals surface area contributed by atoms with Gasteiger partial charge in [-0.15, -0.1) is 0 Å². The highest BCUT2D eigenvalue weighted by Crippen LogP contribution is 2.12. The summed E-state index contributed by atoms with van der Waals surface area (Å²) in [6.45, 7) is 1.85. The van der Waals surface area contributed by atoms with Crippen LogP contribution in [0.1, 0.15) is 11.1 Å². The van der Waals surface area contributed by atoms with Gasteiger partial charge in [0.05, 0.1) is 6.54 Å². The maximum Gasteiger partial charge on any atom is 0.235 e. The van der Waals surface area contributed by atoms with E-state index >= 15 is 0 Å². The zero-order chi connectivity index (χ0) is 8.97. The molecule has 3 heteroatoms. The van der Waals surface area contributed by atoms with E-state index in [4.69, 9.17) is 0 Å². The molecule has 0 aliphatic heterocycles. The van der Waals surface area contributed by atoms with Crippen molar-refractivity contribution < 1.29 is 9.18 Å². The van der Waals surface area contributed by atoms with Crippen LogP contribution in [0.2, 0.25) is 0 Å². The van der Waals surface area contributed by atoms with Gasteiger partial charge < -0.3 is 0 Å². The monoisotopic (exact) mass is 165 g/mol. The number of nitrogens with zero attached hydrogens (tertiary/aromatic N) is 1. The maximum absolute atomic E-state index is 13.0. The molecule has 1 rings (SSSR count). The van der Waals surface area contributed by atoms with Crippen molar-refractivity contribution in [3.8, 4) is 0 Å². The van der Waals surface area contributed by atoms with Gasteiger partial charge in [-0.2, -0.15) is 0 Å². The molecule has 0 amide bonds. The second-order valence-corrected chi connectivity index (χ2v) is 2.44. The number of rotatable bonds is 2. The molecular formula is C9H8FNO. The molecule has 0 bridgehead atoms. The van der Waals surface area contributed by atoms with Crippen LogP contribution in [-0.4, -0.2) is 6.08 Å². The van der Waals surface area contributed by atoms with Crippen molar-refractivity contribution in [2.75, 3.05) is 0 Å². The minimum atomic E-state index is -0.325. The number of halogens is 1. The number of carbonyl (C=O) groups excluding carboxylic acids is 1. The summed E-state index contributed by atoms with van der Waals surface area (Å²) in [6.07, 6.45) is 1.38. The first kappa shape index (κ1) is 8.62. The van der Waals surface area contributed by atoms with E-state index in [-0.39, 0.29) is 12.4 Å². The van der Waals surface area contributed by atoms with Gasteiger partial charge in [-0.05, 0) is 18.6 Å². The lowest BCUT2D eigenvalue weighted by Crippen LogP contribution is -1.91. The van der Waals surface area contributed by atoms with Gasteiger partial charge in [0.15, 0.2) is 0 Å². The van der Waals surface area contributed by atoms with E-state index in [1.54, 1.807) is 19.1 Å².